The van der Waals surface area contributed by atoms with Gasteiger partial charge in [0.2, 0.25) is 11.5 Å². The Labute approximate surface area is 215 Å². The van der Waals surface area contributed by atoms with Gasteiger partial charge in [0.1, 0.15) is 11.9 Å². The topological polar surface area (TPSA) is 123 Å². The molecule has 15 heteroatoms. The van der Waals surface area contributed by atoms with Crippen LogP contribution in [0.1, 0.15) is 20.8 Å². The van der Waals surface area contributed by atoms with Crippen LogP contribution in [-0.4, -0.2) is 58.5 Å². The minimum atomic E-state index is -4.84. The van der Waals surface area contributed by atoms with Gasteiger partial charge in [0.05, 0.1) is 30.8 Å². The van der Waals surface area contributed by atoms with Crippen molar-refractivity contribution in [3.63, 3.8) is 0 Å². The minimum Gasteiger partial charge on any atom is -0.494 e. The molecule has 0 bridgehead atoms. The van der Waals surface area contributed by atoms with E-state index in [1.807, 2.05) is 0 Å². The van der Waals surface area contributed by atoms with E-state index in [0.29, 0.717) is 13.8 Å². The van der Waals surface area contributed by atoms with Crippen molar-refractivity contribution in [3.8, 4) is 11.5 Å². The van der Waals surface area contributed by atoms with Crippen LogP contribution in [0.3, 0.4) is 0 Å². The van der Waals surface area contributed by atoms with Gasteiger partial charge in [-0.25, -0.2) is 17.6 Å². The Kier molecular flexibility index (Phi) is 8.00. The summed E-state index contributed by atoms with van der Waals surface area (Å²) in [5.74, 6) is -1.44. The number of benzene rings is 2. The maximum atomic E-state index is 13.9. The van der Waals surface area contributed by atoms with Crippen LogP contribution < -0.4 is 24.4 Å². The highest BCUT2D eigenvalue weighted by molar-refractivity contribution is 7.92. The molecule has 2 N–H and O–H groups in total. The first-order valence-electron chi connectivity index (χ1n) is 11.0. The van der Waals surface area contributed by atoms with Crippen LogP contribution in [-0.2, 0) is 19.6 Å². The molecule has 0 aliphatic carbocycles. The quantitative estimate of drug-likeness (QED) is 0.491. The molecule has 2 aromatic rings. The first-order valence-corrected chi connectivity index (χ1v) is 12.5. The third-order valence-electron chi connectivity index (χ3n) is 5.46. The molecule has 2 amide bonds. The maximum Gasteiger partial charge on any atom is 0.427 e. The molecule has 1 aliphatic rings. The second kappa shape index (κ2) is 10.6. The molecule has 0 unspecified atom stereocenters. The molecule has 3 rings (SSSR count). The Morgan fingerprint density at radius 2 is 1.84 bits per heavy atom. The van der Waals surface area contributed by atoms with Crippen LogP contribution in [0.4, 0.5) is 33.7 Å². The van der Waals surface area contributed by atoms with E-state index < -0.39 is 39.8 Å². The van der Waals surface area contributed by atoms with Crippen LogP contribution in [0, 0.1) is 5.82 Å². The number of amides is 2. The number of sulfonamides is 1. The van der Waals surface area contributed by atoms with Crippen LogP contribution in [0.5, 0.6) is 11.5 Å². The minimum absolute atomic E-state index is 0.0405. The van der Waals surface area contributed by atoms with E-state index in [0.717, 1.165) is 22.5 Å². The number of ether oxygens (including phenoxy) is 3. The Morgan fingerprint density at radius 3 is 2.45 bits per heavy atom. The molecule has 10 nitrogen and oxygen atoms in total. The number of halogens is 4. The summed E-state index contributed by atoms with van der Waals surface area (Å²) in [5, 5.41) is 4.68. The normalized spacial score (nSPS) is 15.7. The number of nitrogens with one attached hydrogen (secondary N) is 2. The molecule has 0 spiro atoms. The summed E-state index contributed by atoms with van der Waals surface area (Å²) >= 11 is 0. The number of carbonyl (C=O) groups excluding carboxylic acids is 2. The van der Waals surface area contributed by atoms with Gasteiger partial charge in [-0.15, -0.1) is 0 Å². The molecule has 1 atom stereocenters. The lowest BCUT2D eigenvalue weighted by molar-refractivity contribution is -0.242. The van der Waals surface area contributed by atoms with E-state index in [2.05, 4.69) is 15.4 Å². The largest absolute Gasteiger partial charge is 0.494 e. The fourth-order valence-corrected chi connectivity index (χ4v) is 4.86. The van der Waals surface area contributed by atoms with E-state index in [1.54, 1.807) is 0 Å². The predicted octanol–water partition coefficient (Wildman–Crippen LogP) is 3.82. The van der Waals surface area contributed by atoms with Crippen LogP contribution in [0.2, 0.25) is 0 Å². The fourth-order valence-electron chi connectivity index (χ4n) is 3.34. The molecule has 0 radical (unpaired) electrons. The molecular formula is C23H25F4N3O7S. The van der Waals surface area contributed by atoms with Crippen molar-refractivity contribution in [3.05, 3.63) is 42.2 Å². The van der Waals surface area contributed by atoms with Gasteiger partial charge in [0.15, 0.2) is 11.6 Å². The van der Waals surface area contributed by atoms with Gasteiger partial charge in [0, 0.05) is 18.7 Å². The predicted molar refractivity (Wildman–Crippen MR) is 127 cm³/mol. The summed E-state index contributed by atoms with van der Waals surface area (Å²) in [7, 11) is -3.22. The second-order valence-corrected chi connectivity index (χ2v) is 10.6. The average Bonchev–Trinajstić information content (AvgIpc) is 2.81. The van der Waals surface area contributed by atoms with E-state index in [1.165, 1.54) is 32.2 Å². The lowest BCUT2D eigenvalue weighted by atomic mass is 10.1. The van der Waals surface area contributed by atoms with Gasteiger partial charge in [-0.05, 0) is 44.2 Å². The van der Waals surface area contributed by atoms with Gasteiger partial charge >= 0.3 is 12.3 Å². The summed E-state index contributed by atoms with van der Waals surface area (Å²) in [6.45, 7) is 2.27. The standard InChI is InChI=1S/C23H25F4N3O7S/c1-13(31)28-11-15-12-30(38(33,34)16-6-7-17(24)20(10-16)35-4)18-9-14(5-8-19(18)36-15)29-21(32)37-22(2,3)23(25,26)27/h5-10,15H,11-12H2,1-4H3,(H,28,31)(H,29,32)/t15-/m0/s1. The molecule has 0 saturated carbocycles. The number of methoxy groups -OCH3 is 1. The van der Waals surface area contributed by atoms with E-state index in [4.69, 9.17) is 9.47 Å². The Balaban J connectivity index is 1.99. The van der Waals surface area contributed by atoms with Crippen molar-refractivity contribution in [1.29, 1.82) is 0 Å². The average molecular weight is 564 g/mol. The molecule has 2 aromatic carbocycles. The zero-order valence-electron chi connectivity index (χ0n) is 20.7. The Hall–Kier alpha value is -3.75. The number of alkyl halides is 3. The van der Waals surface area contributed by atoms with Crippen molar-refractivity contribution < 1.29 is 49.8 Å². The van der Waals surface area contributed by atoms with Crippen LogP contribution >= 0.6 is 0 Å². The molecule has 1 heterocycles. The van der Waals surface area contributed by atoms with E-state index >= 15 is 0 Å². The molecule has 38 heavy (non-hydrogen) atoms. The second-order valence-electron chi connectivity index (χ2n) is 8.71. The van der Waals surface area contributed by atoms with Gasteiger partial charge < -0.3 is 19.5 Å². The smallest absolute Gasteiger partial charge is 0.427 e. The van der Waals surface area contributed by atoms with Crippen molar-refractivity contribution in [2.45, 2.75) is 43.5 Å². The zero-order valence-corrected chi connectivity index (χ0v) is 21.5. The van der Waals surface area contributed by atoms with Gasteiger partial charge in [-0.3, -0.25) is 14.4 Å². The maximum absolute atomic E-state index is 13.9. The van der Waals surface area contributed by atoms with Gasteiger partial charge in [-0.2, -0.15) is 13.2 Å². The molecule has 0 saturated heterocycles. The SMILES string of the molecule is COc1cc(S(=O)(=O)N2C[C@H](CNC(C)=O)Oc3ccc(NC(=O)OC(C)(C)C(F)(F)F)cc32)ccc1F. The number of anilines is 2. The summed E-state index contributed by atoms with van der Waals surface area (Å²) in [6, 6.07) is 6.67. The number of nitrogens with zero attached hydrogens (tertiary/aromatic N) is 1. The summed E-state index contributed by atoms with van der Waals surface area (Å²) in [5.41, 5.74) is -2.95. The zero-order chi connectivity index (χ0) is 28.5. The molecule has 0 fully saturated rings. The third kappa shape index (κ3) is 6.20. The monoisotopic (exact) mass is 563 g/mol. The highest BCUT2D eigenvalue weighted by atomic mass is 32.2. The highest BCUT2D eigenvalue weighted by Gasteiger charge is 2.51. The summed E-state index contributed by atoms with van der Waals surface area (Å²) in [4.78, 5) is 23.2. The van der Waals surface area contributed by atoms with Crippen LogP contribution in [0.15, 0.2) is 41.3 Å². The molecular weight excluding hydrogens is 538 g/mol. The molecule has 0 aromatic heterocycles. The number of hydrogen-bond acceptors (Lipinski definition) is 7. The van der Waals surface area contributed by atoms with Crippen molar-refractivity contribution in [2.24, 2.45) is 0 Å². The third-order valence-corrected chi connectivity index (χ3v) is 7.23. The Bertz CT molecular complexity index is 1330. The van der Waals surface area contributed by atoms with Crippen molar-refractivity contribution >= 4 is 33.4 Å². The number of carbonyl (C=O) groups is 2. The van der Waals surface area contributed by atoms with Crippen molar-refractivity contribution in [2.75, 3.05) is 29.8 Å². The lowest BCUT2D eigenvalue weighted by Crippen LogP contribution is -2.48. The van der Waals surface area contributed by atoms with E-state index in [9.17, 15) is 35.6 Å². The number of hydrogen-bond donors (Lipinski definition) is 2. The Morgan fingerprint density at radius 1 is 1.16 bits per heavy atom. The lowest BCUT2D eigenvalue weighted by Gasteiger charge is -2.36. The van der Waals surface area contributed by atoms with E-state index in [-0.39, 0.29) is 46.8 Å². The molecule has 208 valence electrons. The van der Waals surface area contributed by atoms with Crippen LogP contribution in [0.25, 0.3) is 0 Å². The van der Waals surface area contributed by atoms with Gasteiger partial charge in [-0.1, -0.05) is 0 Å². The van der Waals surface area contributed by atoms with Gasteiger partial charge in [0.25, 0.3) is 10.0 Å². The first kappa shape index (κ1) is 28.8. The number of fused-ring (bicyclic) bond motifs is 1. The summed E-state index contributed by atoms with van der Waals surface area (Å²) < 4.78 is 96.5. The highest BCUT2D eigenvalue weighted by Crippen LogP contribution is 2.40. The first-order chi connectivity index (χ1) is 17.5. The number of rotatable bonds is 7. The fraction of sp³-hybridized carbons (Fsp3) is 0.391. The van der Waals surface area contributed by atoms with Crippen molar-refractivity contribution in [1.82, 2.24) is 5.32 Å². The summed E-state index contributed by atoms with van der Waals surface area (Å²) in [6.07, 6.45) is -7.09. The molecule has 1 aliphatic heterocycles.